The third-order valence-electron chi connectivity index (χ3n) is 5.47. The van der Waals surface area contributed by atoms with Gasteiger partial charge in [0.15, 0.2) is 0 Å². The molecule has 1 heterocycles. The Labute approximate surface area is 171 Å². The molecule has 1 aromatic rings. The molecule has 4 amide bonds. The van der Waals surface area contributed by atoms with Crippen LogP contribution in [0.15, 0.2) is 24.3 Å². The molecule has 1 aromatic carbocycles. The minimum absolute atomic E-state index is 0.0818. The number of hydrogen-bond donors (Lipinski definition) is 2. The second-order valence-electron chi connectivity index (χ2n) is 7.52. The van der Waals surface area contributed by atoms with Crippen LogP contribution >= 0.6 is 0 Å². The van der Waals surface area contributed by atoms with E-state index in [1.807, 2.05) is 24.3 Å². The zero-order valence-corrected chi connectivity index (χ0v) is 16.5. The number of imide groups is 1. The second kappa shape index (κ2) is 9.46. The number of carbonyl (C=O) groups excluding carboxylic acids is 3. The standard InChI is InChI=1S/C22H27N3O4/c1-2-16-29-18-9-7-17(8-10-18)11-14-23-19(26)6-5-15-25-20(27)22(24-21(25)28)12-3-4-13-22/h1,7-10H,3-6,11-16H2,(H,23,26)(H,24,28). The molecule has 1 saturated heterocycles. The topological polar surface area (TPSA) is 87.7 Å². The maximum atomic E-state index is 12.6. The van der Waals surface area contributed by atoms with Crippen molar-refractivity contribution in [3.8, 4) is 18.1 Å². The van der Waals surface area contributed by atoms with E-state index in [2.05, 4.69) is 16.6 Å². The normalized spacial score (nSPS) is 17.3. The van der Waals surface area contributed by atoms with Gasteiger partial charge >= 0.3 is 6.03 Å². The Morgan fingerprint density at radius 1 is 1.24 bits per heavy atom. The van der Waals surface area contributed by atoms with Gasteiger partial charge in [0.05, 0.1) is 0 Å². The number of amides is 4. The summed E-state index contributed by atoms with van der Waals surface area (Å²) in [7, 11) is 0. The largest absolute Gasteiger partial charge is 0.481 e. The van der Waals surface area contributed by atoms with E-state index in [1.54, 1.807) is 0 Å². The number of nitrogens with zero attached hydrogens (tertiary/aromatic N) is 1. The van der Waals surface area contributed by atoms with Gasteiger partial charge in [-0.05, 0) is 43.4 Å². The van der Waals surface area contributed by atoms with Crippen molar-refractivity contribution in [1.29, 1.82) is 0 Å². The molecular weight excluding hydrogens is 370 g/mol. The number of urea groups is 1. The van der Waals surface area contributed by atoms with Crippen molar-refractivity contribution in [3.63, 3.8) is 0 Å². The monoisotopic (exact) mass is 397 g/mol. The Morgan fingerprint density at radius 2 is 1.97 bits per heavy atom. The van der Waals surface area contributed by atoms with E-state index in [-0.39, 0.29) is 37.4 Å². The Hall–Kier alpha value is -3.01. The van der Waals surface area contributed by atoms with Crippen LogP contribution in [-0.2, 0) is 16.0 Å². The number of hydrogen-bond acceptors (Lipinski definition) is 4. The van der Waals surface area contributed by atoms with Crippen molar-refractivity contribution >= 4 is 17.8 Å². The smallest absolute Gasteiger partial charge is 0.325 e. The predicted molar refractivity (Wildman–Crippen MR) is 108 cm³/mol. The Kier molecular flexibility index (Phi) is 6.76. The van der Waals surface area contributed by atoms with Gasteiger partial charge < -0.3 is 15.4 Å². The highest BCUT2D eigenvalue weighted by atomic mass is 16.5. The highest BCUT2D eigenvalue weighted by Gasteiger charge is 2.51. The van der Waals surface area contributed by atoms with Gasteiger partial charge in [0.2, 0.25) is 5.91 Å². The Bertz CT molecular complexity index is 791. The number of nitrogens with one attached hydrogen (secondary N) is 2. The summed E-state index contributed by atoms with van der Waals surface area (Å²) in [4.78, 5) is 38.0. The fourth-order valence-electron chi connectivity index (χ4n) is 3.91. The molecule has 0 unspecified atom stereocenters. The van der Waals surface area contributed by atoms with Crippen LogP contribution in [0.4, 0.5) is 4.79 Å². The molecular formula is C22H27N3O4. The molecule has 2 N–H and O–H groups in total. The molecule has 0 radical (unpaired) electrons. The van der Waals surface area contributed by atoms with E-state index in [0.29, 0.717) is 32.2 Å². The van der Waals surface area contributed by atoms with Gasteiger partial charge in [0.25, 0.3) is 5.91 Å². The summed E-state index contributed by atoms with van der Waals surface area (Å²) < 4.78 is 5.32. The van der Waals surface area contributed by atoms with Crippen molar-refractivity contribution in [2.75, 3.05) is 19.7 Å². The van der Waals surface area contributed by atoms with Gasteiger partial charge in [-0.3, -0.25) is 14.5 Å². The lowest BCUT2D eigenvalue weighted by Gasteiger charge is -2.19. The summed E-state index contributed by atoms with van der Waals surface area (Å²) in [6.07, 6.45) is 9.95. The fourth-order valence-corrected chi connectivity index (χ4v) is 3.91. The van der Waals surface area contributed by atoms with Crippen LogP contribution in [0.1, 0.15) is 44.1 Å². The SMILES string of the molecule is C#CCOc1ccc(CCNC(=O)CCCN2C(=O)NC3(CCCC3)C2=O)cc1. The predicted octanol–water partition coefficient (Wildman–Crippen LogP) is 2.00. The Morgan fingerprint density at radius 3 is 2.66 bits per heavy atom. The van der Waals surface area contributed by atoms with Crippen LogP contribution < -0.4 is 15.4 Å². The van der Waals surface area contributed by atoms with Gasteiger partial charge in [0, 0.05) is 19.5 Å². The molecule has 0 bridgehead atoms. The molecule has 0 aromatic heterocycles. The molecule has 0 atom stereocenters. The summed E-state index contributed by atoms with van der Waals surface area (Å²) in [5.41, 5.74) is 0.403. The number of ether oxygens (including phenoxy) is 1. The molecule has 29 heavy (non-hydrogen) atoms. The van der Waals surface area contributed by atoms with E-state index in [4.69, 9.17) is 11.2 Å². The van der Waals surface area contributed by atoms with E-state index < -0.39 is 5.54 Å². The maximum absolute atomic E-state index is 12.6. The van der Waals surface area contributed by atoms with E-state index in [9.17, 15) is 14.4 Å². The molecule has 1 aliphatic carbocycles. The van der Waals surface area contributed by atoms with Crippen molar-refractivity contribution in [2.45, 2.75) is 50.5 Å². The van der Waals surface area contributed by atoms with Crippen LogP contribution in [0.5, 0.6) is 5.75 Å². The van der Waals surface area contributed by atoms with Crippen molar-refractivity contribution < 1.29 is 19.1 Å². The molecule has 1 saturated carbocycles. The molecule has 2 aliphatic rings. The summed E-state index contributed by atoms with van der Waals surface area (Å²) in [6, 6.07) is 7.25. The molecule has 1 aliphatic heterocycles. The first kappa shape index (κ1) is 20.7. The Balaban J connectivity index is 1.34. The van der Waals surface area contributed by atoms with E-state index in [1.165, 1.54) is 4.90 Å². The summed E-state index contributed by atoms with van der Waals surface area (Å²) in [6.45, 7) is 1.04. The van der Waals surface area contributed by atoms with Gasteiger partial charge in [-0.15, -0.1) is 6.42 Å². The zero-order valence-electron chi connectivity index (χ0n) is 16.5. The van der Waals surface area contributed by atoms with Crippen LogP contribution in [-0.4, -0.2) is 48.0 Å². The van der Waals surface area contributed by atoms with Crippen LogP contribution in [0.3, 0.4) is 0 Å². The highest BCUT2D eigenvalue weighted by Crippen LogP contribution is 2.35. The quantitative estimate of drug-likeness (QED) is 0.493. The maximum Gasteiger partial charge on any atom is 0.325 e. The first-order valence-electron chi connectivity index (χ1n) is 10.1. The minimum Gasteiger partial charge on any atom is -0.481 e. The van der Waals surface area contributed by atoms with Crippen LogP contribution in [0.25, 0.3) is 0 Å². The van der Waals surface area contributed by atoms with Crippen LogP contribution in [0.2, 0.25) is 0 Å². The number of rotatable bonds is 9. The minimum atomic E-state index is -0.680. The highest BCUT2D eigenvalue weighted by molar-refractivity contribution is 6.07. The van der Waals surface area contributed by atoms with Gasteiger partial charge in [0.1, 0.15) is 17.9 Å². The first-order valence-corrected chi connectivity index (χ1v) is 10.1. The third kappa shape index (κ3) is 5.08. The van der Waals surface area contributed by atoms with Crippen molar-refractivity contribution in [3.05, 3.63) is 29.8 Å². The van der Waals surface area contributed by atoms with Gasteiger partial charge in [-0.1, -0.05) is 30.9 Å². The molecule has 1 spiro atoms. The molecule has 3 rings (SSSR count). The molecule has 7 heteroatoms. The fraction of sp³-hybridized carbons (Fsp3) is 0.500. The summed E-state index contributed by atoms with van der Waals surface area (Å²) in [5, 5.41) is 5.73. The molecule has 154 valence electrons. The summed E-state index contributed by atoms with van der Waals surface area (Å²) in [5.74, 6) is 2.92. The van der Waals surface area contributed by atoms with E-state index >= 15 is 0 Å². The lowest BCUT2D eigenvalue weighted by Crippen LogP contribution is -2.44. The number of benzene rings is 1. The van der Waals surface area contributed by atoms with Crippen LogP contribution in [0, 0.1) is 12.3 Å². The average Bonchev–Trinajstić information content (AvgIpc) is 3.27. The average molecular weight is 397 g/mol. The van der Waals surface area contributed by atoms with Gasteiger partial charge in [-0.25, -0.2) is 4.79 Å². The van der Waals surface area contributed by atoms with E-state index in [0.717, 1.165) is 24.2 Å². The number of carbonyl (C=O) groups is 3. The van der Waals surface area contributed by atoms with Crippen molar-refractivity contribution in [1.82, 2.24) is 15.5 Å². The lowest BCUT2D eigenvalue weighted by atomic mass is 9.98. The lowest BCUT2D eigenvalue weighted by molar-refractivity contribution is -0.131. The molecule has 2 fully saturated rings. The zero-order chi connectivity index (χ0) is 20.7. The third-order valence-corrected chi connectivity index (χ3v) is 5.47. The first-order chi connectivity index (χ1) is 14.0. The van der Waals surface area contributed by atoms with Crippen molar-refractivity contribution in [2.24, 2.45) is 0 Å². The molecule has 7 nitrogen and oxygen atoms in total. The number of terminal acetylenes is 1. The van der Waals surface area contributed by atoms with Gasteiger partial charge in [-0.2, -0.15) is 0 Å². The summed E-state index contributed by atoms with van der Waals surface area (Å²) >= 11 is 0. The second-order valence-corrected chi connectivity index (χ2v) is 7.52.